The Balaban J connectivity index is 2.27. The first kappa shape index (κ1) is 10.5. The zero-order valence-corrected chi connectivity index (χ0v) is 8.94. The Hall–Kier alpha value is -0.600. The fourth-order valence-electron chi connectivity index (χ4n) is 1.36. The summed E-state index contributed by atoms with van der Waals surface area (Å²) >= 11 is 1.77. The molecule has 1 unspecified atom stereocenters. The van der Waals surface area contributed by atoms with Crippen molar-refractivity contribution in [2.45, 2.75) is 25.3 Å². The van der Waals surface area contributed by atoms with E-state index in [0.29, 0.717) is 6.04 Å². The molecule has 1 aromatic rings. The van der Waals surface area contributed by atoms with Crippen LogP contribution in [0.2, 0.25) is 0 Å². The summed E-state index contributed by atoms with van der Waals surface area (Å²) in [5.74, 6) is 0. The lowest BCUT2D eigenvalue weighted by Gasteiger charge is -2.12. The van der Waals surface area contributed by atoms with Gasteiger partial charge in [-0.25, -0.2) is 0 Å². The van der Waals surface area contributed by atoms with E-state index in [1.54, 1.807) is 11.3 Å². The molecule has 1 rings (SSSR count). The van der Waals surface area contributed by atoms with Crippen molar-refractivity contribution < 1.29 is 0 Å². The second-order valence-electron chi connectivity index (χ2n) is 3.18. The van der Waals surface area contributed by atoms with Crippen molar-refractivity contribution in [1.29, 1.82) is 0 Å². The monoisotopic (exact) mass is 195 g/mol. The zero-order valence-electron chi connectivity index (χ0n) is 8.12. The van der Waals surface area contributed by atoms with Gasteiger partial charge in [-0.15, -0.1) is 6.58 Å². The van der Waals surface area contributed by atoms with Crippen LogP contribution in [0.3, 0.4) is 0 Å². The number of nitrogens with one attached hydrogen (secondary N) is 1. The standard InChI is InChI=1S/C11H17NS/c1-3-4-11(12-2)6-5-10-7-8-13-9-10/h3,7-9,11-12H,1,4-6H2,2H3. The van der Waals surface area contributed by atoms with Gasteiger partial charge in [0, 0.05) is 6.04 Å². The molecule has 13 heavy (non-hydrogen) atoms. The third-order valence-electron chi connectivity index (χ3n) is 2.22. The summed E-state index contributed by atoms with van der Waals surface area (Å²) in [6.45, 7) is 3.76. The Morgan fingerprint density at radius 3 is 3.08 bits per heavy atom. The fourth-order valence-corrected chi connectivity index (χ4v) is 2.06. The van der Waals surface area contributed by atoms with E-state index in [2.05, 4.69) is 28.7 Å². The van der Waals surface area contributed by atoms with Crippen LogP contribution in [0.15, 0.2) is 29.5 Å². The summed E-state index contributed by atoms with van der Waals surface area (Å²) in [5.41, 5.74) is 1.45. The van der Waals surface area contributed by atoms with Gasteiger partial charge in [0.25, 0.3) is 0 Å². The molecule has 0 amide bonds. The van der Waals surface area contributed by atoms with Crippen LogP contribution < -0.4 is 5.32 Å². The van der Waals surface area contributed by atoms with Crippen molar-refractivity contribution in [3.8, 4) is 0 Å². The van der Waals surface area contributed by atoms with Crippen molar-refractivity contribution in [2.24, 2.45) is 0 Å². The van der Waals surface area contributed by atoms with E-state index >= 15 is 0 Å². The first-order chi connectivity index (χ1) is 6.36. The predicted molar refractivity (Wildman–Crippen MR) is 60.3 cm³/mol. The molecule has 0 aliphatic carbocycles. The molecule has 0 aromatic carbocycles. The molecule has 0 saturated carbocycles. The Morgan fingerprint density at radius 1 is 1.69 bits per heavy atom. The molecule has 1 atom stereocenters. The molecule has 1 aromatic heterocycles. The van der Waals surface area contributed by atoms with Crippen molar-refractivity contribution in [3.05, 3.63) is 35.0 Å². The van der Waals surface area contributed by atoms with E-state index in [1.165, 1.54) is 18.4 Å². The van der Waals surface area contributed by atoms with Gasteiger partial charge in [-0.2, -0.15) is 11.3 Å². The largest absolute Gasteiger partial charge is 0.317 e. The number of hydrogen-bond donors (Lipinski definition) is 1. The Morgan fingerprint density at radius 2 is 2.54 bits per heavy atom. The Kier molecular flexibility index (Phi) is 4.79. The molecule has 0 spiro atoms. The summed E-state index contributed by atoms with van der Waals surface area (Å²) < 4.78 is 0. The fraction of sp³-hybridized carbons (Fsp3) is 0.455. The van der Waals surface area contributed by atoms with Gasteiger partial charge in [0.2, 0.25) is 0 Å². The average Bonchev–Trinajstić information content (AvgIpc) is 2.64. The third-order valence-corrected chi connectivity index (χ3v) is 2.95. The number of aryl methyl sites for hydroxylation is 1. The molecule has 0 aliphatic rings. The third kappa shape index (κ3) is 3.75. The van der Waals surface area contributed by atoms with Crippen molar-refractivity contribution in [2.75, 3.05) is 7.05 Å². The minimum absolute atomic E-state index is 0.581. The molecule has 1 heterocycles. The van der Waals surface area contributed by atoms with Gasteiger partial charge in [-0.3, -0.25) is 0 Å². The summed E-state index contributed by atoms with van der Waals surface area (Å²) in [7, 11) is 2.02. The minimum atomic E-state index is 0.581. The van der Waals surface area contributed by atoms with E-state index in [1.807, 2.05) is 13.1 Å². The second kappa shape index (κ2) is 5.95. The van der Waals surface area contributed by atoms with Crippen molar-refractivity contribution in [1.82, 2.24) is 5.32 Å². The maximum absolute atomic E-state index is 3.76. The van der Waals surface area contributed by atoms with Crippen LogP contribution in [0.4, 0.5) is 0 Å². The molecule has 1 nitrogen and oxygen atoms in total. The van der Waals surface area contributed by atoms with E-state index in [9.17, 15) is 0 Å². The highest BCUT2D eigenvalue weighted by Gasteiger charge is 2.03. The second-order valence-corrected chi connectivity index (χ2v) is 3.96. The molecule has 0 fully saturated rings. The van der Waals surface area contributed by atoms with Crippen molar-refractivity contribution >= 4 is 11.3 Å². The lowest BCUT2D eigenvalue weighted by Crippen LogP contribution is -2.24. The number of rotatable bonds is 6. The molecular formula is C11H17NS. The van der Waals surface area contributed by atoms with Crippen LogP contribution in [-0.2, 0) is 6.42 Å². The van der Waals surface area contributed by atoms with E-state index < -0.39 is 0 Å². The lowest BCUT2D eigenvalue weighted by atomic mass is 10.1. The molecule has 0 radical (unpaired) electrons. The first-order valence-electron chi connectivity index (χ1n) is 4.66. The van der Waals surface area contributed by atoms with Crippen LogP contribution in [0.5, 0.6) is 0 Å². The van der Waals surface area contributed by atoms with Gasteiger partial charge >= 0.3 is 0 Å². The van der Waals surface area contributed by atoms with Gasteiger partial charge in [0.05, 0.1) is 0 Å². The molecule has 0 bridgehead atoms. The average molecular weight is 195 g/mol. The van der Waals surface area contributed by atoms with Crippen LogP contribution in [0, 0.1) is 0 Å². The molecular weight excluding hydrogens is 178 g/mol. The molecule has 1 N–H and O–H groups in total. The Bertz CT molecular complexity index is 228. The highest BCUT2D eigenvalue weighted by molar-refractivity contribution is 7.07. The quantitative estimate of drug-likeness (QED) is 0.688. The van der Waals surface area contributed by atoms with Crippen molar-refractivity contribution in [3.63, 3.8) is 0 Å². The first-order valence-corrected chi connectivity index (χ1v) is 5.60. The van der Waals surface area contributed by atoms with E-state index in [4.69, 9.17) is 0 Å². The molecule has 0 aliphatic heterocycles. The molecule has 2 heteroatoms. The summed E-state index contributed by atoms with van der Waals surface area (Å²) in [6, 6.07) is 2.78. The van der Waals surface area contributed by atoms with Gasteiger partial charge < -0.3 is 5.32 Å². The summed E-state index contributed by atoms with van der Waals surface area (Å²) in [5, 5.41) is 7.66. The van der Waals surface area contributed by atoms with Crippen LogP contribution in [-0.4, -0.2) is 13.1 Å². The number of hydrogen-bond acceptors (Lipinski definition) is 2. The smallest absolute Gasteiger partial charge is 0.0102 e. The highest BCUT2D eigenvalue weighted by Crippen LogP contribution is 2.10. The maximum Gasteiger partial charge on any atom is 0.0102 e. The zero-order chi connectivity index (χ0) is 9.52. The maximum atomic E-state index is 3.76. The normalized spacial score (nSPS) is 12.7. The van der Waals surface area contributed by atoms with E-state index in [0.717, 1.165) is 6.42 Å². The van der Waals surface area contributed by atoms with Gasteiger partial charge in [-0.05, 0) is 48.7 Å². The number of thiophene rings is 1. The van der Waals surface area contributed by atoms with Crippen LogP contribution in [0.25, 0.3) is 0 Å². The molecule has 72 valence electrons. The Labute approximate surface area is 84.5 Å². The van der Waals surface area contributed by atoms with Gasteiger partial charge in [0.15, 0.2) is 0 Å². The lowest BCUT2D eigenvalue weighted by molar-refractivity contribution is 0.529. The van der Waals surface area contributed by atoms with E-state index in [-0.39, 0.29) is 0 Å². The summed E-state index contributed by atoms with van der Waals surface area (Å²) in [6.07, 6.45) is 5.40. The predicted octanol–water partition coefficient (Wildman–Crippen LogP) is 2.84. The van der Waals surface area contributed by atoms with Gasteiger partial charge in [-0.1, -0.05) is 6.08 Å². The highest BCUT2D eigenvalue weighted by atomic mass is 32.1. The SMILES string of the molecule is C=CCC(CCc1ccsc1)NC. The van der Waals surface area contributed by atoms with Gasteiger partial charge in [0.1, 0.15) is 0 Å². The topological polar surface area (TPSA) is 12.0 Å². The van der Waals surface area contributed by atoms with Crippen LogP contribution >= 0.6 is 11.3 Å². The van der Waals surface area contributed by atoms with Crippen LogP contribution in [0.1, 0.15) is 18.4 Å². The molecule has 0 saturated heterocycles. The minimum Gasteiger partial charge on any atom is -0.317 e. The summed E-state index contributed by atoms with van der Waals surface area (Å²) in [4.78, 5) is 0.